The van der Waals surface area contributed by atoms with E-state index >= 15 is 0 Å². The van der Waals surface area contributed by atoms with Gasteiger partial charge in [0.05, 0.1) is 5.69 Å². The van der Waals surface area contributed by atoms with Crippen molar-refractivity contribution in [2.75, 3.05) is 5.32 Å². The maximum atomic E-state index is 13.5. The van der Waals surface area contributed by atoms with Crippen LogP contribution in [0.4, 0.5) is 15.8 Å². The number of anilines is 2. The van der Waals surface area contributed by atoms with Crippen molar-refractivity contribution in [1.29, 1.82) is 0 Å². The average Bonchev–Trinajstić information content (AvgIpc) is 2.35. The molecule has 0 fully saturated rings. The van der Waals surface area contributed by atoms with Crippen molar-refractivity contribution in [3.63, 3.8) is 0 Å². The molecule has 0 aliphatic rings. The smallest absolute Gasteiger partial charge is 0.150 e. The molecule has 0 heterocycles. The zero-order valence-electron chi connectivity index (χ0n) is 8.78. The second-order valence-electron chi connectivity index (χ2n) is 3.49. The minimum absolute atomic E-state index is 0.261. The van der Waals surface area contributed by atoms with Crippen molar-refractivity contribution in [2.24, 2.45) is 0 Å². The second kappa shape index (κ2) is 4.97. The Bertz CT molecular complexity index is 540. The molecule has 0 atom stereocenters. The summed E-state index contributed by atoms with van der Waals surface area (Å²) in [6.45, 7) is 0. The standard InChI is InChI=1S/C13H9ClFNO/c14-10-2-4-11(5-3-10)16-13-7-9(8-17)1-6-12(13)15/h1-8,16H. The minimum Gasteiger partial charge on any atom is -0.353 e. The van der Waals surface area contributed by atoms with Crippen LogP contribution in [0.25, 0.3) is 0 Å². The molecule has 0 spiro atoms. The van der Waals surface area contributed by atoms with E-state index in [0.717, 1.165) is 0 Å². The fraction of sp³-hybridized carbons (Fsp3) is 0. The van der Waals surface area contributed by atoms with Crippen LogP contribution in [0.2, 0.25) is 5.02 Å². The number of nitrogens with one attached hydrogen (secondary N) is 1. The molecule has 0 unspecified atom stereocenters. The summed E-state index contributed by atoms with van der Waals surface area (Å²) in [5.41, 5.74) is 1.39. The molecule has 17 heavy (non-hydrogen) atoms. The lowest BCUT2D eigenvalue weighted by Crippen LogP contribution is -1.95. The third-order valence-electron chi connectivity index (χ3n) is 2.25. The van der Waals surface area contributed by atoms with Gasteiger partial charge in [0.1, 0.15) is 12.1 Å². The molecular weight excluding hydrogens is 241 g/mol. The van der Waals surface area contributed by atoms with Gasteiger partial charge in [-0.1, -0.05) is 11.6 Å². The van der Waals surface area contributed by atoms with E-state index in [2.05, 4.69) is 5.32 Å². The monoisotopic (exact) mass is 249 g/mol. The zero-order chi connectivity index (χ0) is 12.3. The molecule has 0 saturated carbocycles. The van der Waals surface area contributed by atoms with Gasteiger partial charge in [-0.15, -0.1) is 0 Å². The van der Waals surface area contributed by atoms with Gasteiger partial charge in [-0.25, -0.2) is 4.39 Å². The highest BCUT2D eigenvalue weighted by molar-refractivity contribution is 6.30. The van der Waals surface area contributed by atoms with Crippen molar-refractivity contribution in [2.45, 2.75) is 0 Å². The summed E-state index contributed by atoms with van der Waals surface area (Å²) in [6.07, 6.45) is 0.673. The molecule has 1 N–H and O–H groups in total. The summed E-state index contributed by atoms with van der Waals surface area (Å²) in [5, 5.41) is 3.49. The van der Waals surface area contributed by atoms with Crippen molar-refractivity contribution in [3.8, 4) is 0 Å². The Hall–Kier alpha value is -1.87. The van der Waals surface area contributed by atoms with Crippen molar-refractivity contribution in [1.82, 2.24) is 0 Å². The van der Waals surface area contributed by atoms with Crippen molar-refractivity contribution >= 4 is 29.3 Å². The highest BCUT2D eigenvalue weighted by Gasteiger charge is 2.03. The molecule has 4 heteroatoms. The van der Waals surface area contributed by atoms with Gasteiger partial charge in [0.25, 0.3) is 0 Å². The van der Waals surface area contributed by atoms with Crippen molar-refractivity contribution < 1.29 is 9.18 Å². The lowest BCUT2D eigenvalue weighted by atomic mass is 10.2. The van der Waals surface area contributed by atoms with Crippen LogP contribution in [0, 0.1) is 5.82 Å². The fourth-order valence-electron chi connectivity index (χ4n) is 1.40. The lowest BCUT2D eigenvalue weighted by Gasteiger charge is -2.08. The average molecular weight is 250 g/mol. The number of carbonyl (C=O) groups is 1. The SMILES string of the molecule is O=Cc1ccc(F)c(Nc2ccc(Cl)cc2)c1. The van der Waals surface area contributed by atoms with E-state index in [0.29, 0.717) is 22.6 Å². The van der Waals surface area contributed by atoms with Gasteiger partial charge in [0.15, 0.2) is 0 Å². The van der Waals surface area contributed by atoms with E-state index in [-0.39, 0.29) is 5.69 Å². The zero-order valence-corrected chi connectivity index (χ0v) is 9.54. The van der Waals surface area contributed by atoms with Gasteiger partial charge in [0.2, 0.25) is 0 Å². The number of benzene rings is 2. The molecule has 2 aromatic rings. The summed E-state index contributed by atoms with van der Waals surface area (Å²) >= 11 is 5.75. The first-order valence-electron chi connectivity index (χ1n) is 4.96. The topological polar surface area (TPSA) is 29.1 Å². The van der Waals surface area contributed by atoms with Crippen LogP contribution in [0.3, 0.4) is 0 Å². The number of hydrogen-bond acceptors (Lipinski definition) is 2. The molecule has 0 radical (unpaired) electrons. The van der Waals surface area contributed by atoms with Crippen LogP contribution in [0.1, 0.15) is 10.4 Å². The Balaban J connectivity index is 2.28. The molecule has 0 aliphatic heterocycles. The summed E-state index contributed by atoms with van der Waals surface area (Å²) < 4.78 is 13.5. The molecule has 2 aromatic carbocycles. The van der Waals surface area contributed by atoms with Crippen LogP contribution >= 0.6 is 11.6 Å². The molecule has 0 aromatic heterocycles. The minimum atomic E-state index is -0.412. The quantitative estimate of drug-likeness (QED) is 0.832. The van der Waals surface area contributed by atoms with Gasteiger partial charge in [0, 0.05) is 16.3 Å². The van der Waals surface area contributed by atoms with E-state index in [1.54, 1.807) is 24.3 Å². The number of hydrogen-bond donors (Lipinski definition) is 1. The van der Waals surface area contributed by atoms with E-state index in [9.17, 15) is 9.18 Å². The summed E-state index contributed by atoms with van der Waals surface area (Å²) in [7, 11) is 0. The first-order valence-corrected chi connectivity index (χ1v) is 5.34. The number of halogens is 2. The number of rotatable bonds is 3. The van der Waals surface area contributed by atoms with E-state index in [4.69, 9.17) is 11.6 Å². The molecule has 2 nitrogen and oxygen atoms in total. The molecule has 0 bridgehead atoms. The Morgan fingerprint density at radius 2 is 1.82 bits per heavy atom. The fourth-order valence-corrected chi connectivity index (χ4v) is 1.53. The largest absolute Gasteiger partial charge is 0.353 e. The Morgan fingerprint density at radius 1 is 1.12 bits per heavy atom. The summed E-state index contributed by atoms with van der Waals surface area (Å²) in [6, 6.07) is 11.0. The van der Waals surface area contributed by atoms with Crippen LogP contribution in [-0.4, -0.2) is 6.29 Å². The van der Waals surface area contributed by atoms with E-state index in [1.807, 2.05) is 0 Å². The third-order valence-corrected chi connectivity index (χ3v) is 2.50. The number of carbonyl (C=O) groups excluding carboxylic acids is 1. The summed E-state index contributed by atoms with van der Waals surface area (Å²) in [4.78, 5) is 10.6. The van der Waals surface area contributed by atoms with Crippen molar-refractivity contribution in [3.05, 3.63) is 58.9 Å². The first kappa shape index (κ1) is 11.6. The maximum Gasteiger partial charge on any atom is 0.150 e. The van der Waals surface area contributed by atoms with E-state index < -0.39 is 5.82 Å². The third kappa shape index (κ3) is 2.82. The molecule has 0 amide bonds. The lowest BCUT2D eigenvalue weighted by molar-refractivity contribution is 0.112. The first-order chi connectivity index (χ1) is 8.19. The van der Waals surface area contributed by atoms with E-state index in [1.165, 1.54) is 18.2 Å². The van der Waals surface area contributed by atoms with Crippen LogP contribution in [0.5, 0.6) is 0 Å². The van der Waals surface area contributed by atoms with Crippen LogP contribution in [0.15, 0.2) is 42.5 Å². The van der Waals surface area contributed by atoms with Gasteiger partial charge in [-0.2, -0.15) is 0 Å². The molecule has 86 valence electrons. The van der Waals surface area contributed by atoms with Gasteiger partial charge < -0.3 is 5.32 Å². The van der Waals surface area contributed by atoms with Gasteiger partial charge >= 0.3 is 0 Å². The highest BCUT2D eigenvalue weighted by Crippen LogP contribution is 2.22. The molecular formula is C13H9ClFNO. The molecule has 0 aliphatic carbocycles. The Labute approximate surface area is 103 Å². The van der Waals surface area contributed by atoms with Crippen LogP contribution in [-0.2, 0) is 0 Å². The molecule has 2 rings (SSSR count). The normalized spacial score (nSPS) is 10.0. The molecule has 0 saturated heterocycles. The predicted molar refractivity (Wildman–Crippen MR) is 66.5 cm³/mol. The Morgan fingerprint density at radius 3 is 2.47 bits per heavy atom. The Kier molecular flexibility index (Phi) is 3.40. The maximum absolute atomic E-state index is 13.5. The van der Waals surface area contributed by atoms with Gasteiger partial charge in [-0.05, 0) is 42.5 Å². The highest BCUT2D eigenvalue weighted by atomic mass is 35.5. The summed E-state index contributed by atoms with van der Waals surface area (Å²) in [5.74, 6) is -0.412. The van der Waals surface area contributed by atoms with Gasteiger partial charge in [-0.3, -0.25) is 4.79 Å². The van der Waals surface area contributed by atoms with Crippen LogP contribution < -0.4 is 5.32 Å². The number of aldehydes is 1. The second-order valence-corrected chi connectivity index (χ2v) is 3.93. The predicted octanol–water partition coefficient (Wildman–Crippen LogP) is 4.04.